The zero-order chi connectivity index (χ0) is 14.8. The highest BCUT2D eigenvalue weighted by molar-refractivity contribution is 5.91. The minimum atomic E-state index is -0.136. The van der Waals surface area contributed by atoms with Gasteiger partial charge in [0.25, 0.3) is 5.91 Å². The minimum Gasteiger partial charge on any atom is -0.365 e. The van der Waals surface area contributed by atoms with Gasteiger partial charge in [-0.25, -0.2) is 0 Å². The molecule has 1 aromatic heterocycles. The van der Waals surface area contributed by atoms with Crippen molar-refractivity contribution in [3.63, 3.8) is 0 Å². The summed E-state index contributed by atoms with van der Waals surface area (Å²) in [6, 6.07) is 14.4. The standard InChI is InChI=1S/C16H18N4O/c1-20(2)16(21)13-8-9-15(19-18-13)17-14-10-12(14)11-6-4-3-5-7-11/h3-9,12,14H,10H2,1-2H3,(H,17,19). The highest BCUT2D eigenvalue weighted by Gasteiger charge is 2.38. The summed E-state index contributed by atoms with van der Waals surface area (Å²) in [7, 11) is 3.40. The first-order valence-corrected chi connectivity index (χ1v) is 7.02. The number of carbonyl (C=O) groups excluding carboxylic acids is 1. The van der Waals surface area contributed by atoms with Gasteiger partial charge in [-0.05, 0) is 24.1 Å². The van der Waals surface area contributed by atoms with Crippen molar-refractivity contribution in [2.24, 2.45) is 0 Å². The van der Waals surface area contributed by atoms with Crippen molar-refractivity contribution in [3.05, 3.63) is 53.7 Å². The van der Waals surface area contributed by atoms with Crippen LogP contribution in [0.4, 0.5) is 5.82 Å². The molecule has 1 aromatic carbocycles. The average molecular weight is 282 g/mol. The van der Waals surface area contributed by atoms with Gasteiger partial charge in [0.05, 0.1) is 0 Å². The van der Waals surface area contributed by atoms with E-state index in [4.69, 9.17) is 0 Å². The van der Waals surface area contributed by atoms with Gasteiger partial charge < -0.3 is 10.2 Å². The van der Waals surface area contributed by atoms with Gasteiger partial charge in [-0.1, -0.05) is 30.3 Å². The van der Waals surface area contributed by atoms with Gasteiger partial charge in [-0.2, -0.15) is 0 Å². The van der Waals surface area contributed by atoms with E-state index >= 15 is 0 Å². The molecular formula is C16H18N4O. The number of nitrogens with one attached hydrogen (secondary N) is 1. The zero-order valence-corrected chi connectivity index (χ0v) is 12.2. The molecule has 21 heavy (non-hydrogen) atoms. The van der Waals surface area contributed by atoms with Crippen LogP contribution in [0.15, 0.2) is 42.5 Å². The fourth-order valence-corrected chi connectivity index (χ4v) is 2.37. The van der Waals surface area contributed by atoms with Crippen LogP contribution in [0, 0.1) is 0 Å². The molecule has 2 aromatic rings. The maximum atomic E-state index is 11.7. The van der Waals surface area contributed by atoms with E-state index in [2.05, 4.69) is 39.8 Å². The maximum Gasteiger partial charge on any atom is 0.273 e. The number of nitrogens with zero attached hydrogens (tertiary/aromatic N) is 3. The summed E-state index contributed by atoms with van der Waals surface area (Å²) in [6.45, 7) is 0. The Morgan fingerprint density at radius 2 is 1.90 bits per heavy atom. The SMILES string of the molecule is CN(C)C(=O)c1ccc(NC2CC2c2ccccc2)nn1. The van der Waals surface area contributed by atoms with Gasteiger partial charge >= 0.3 is 0 Å². The normalized spacial score (nSPS) is 19.9. The minimum absolute atomic E-state index is 0.136. The Morgan fingerprint density at radius 1 is 1.14 bits per heavy atom. The van der Waals surface area contributed by atoms with Gasteiger partial charge in [0.1, 0.15) is 5.82 Å². The predicted molar refractivity (Wildman–Crippen MR) is 81.3 cm³/mol. The van der Waals surface area contributed by atoms with E-state index in [0.717, 1.165) is 6.42 Å². The second-order valence-corrected chi connectivity index (χ2v) is 5.51. The Balaban J connectivity index is 1.61. The van der Waals surface area contributed by atoms with Crippen LogP contribution in [0.5, 0.6) is 0 Å². The van der Waals surface area contributed by atoms with Crippen LogP contribution in [0.25, 0.3) is 0 Å². The van der Waals surface area contributed by atoms with Crippen molar-refractivity contribution < 1.29 is 4.79 Å². The Labute approximate surface area is 124 Å². The molecule has 1 fully saturated rings. The summed E-state index contributed by atoms with van der Waals surface area (Å²) in [4.78, 5) is 13.2. The second-order valence-electron chi connectivity index (χ2n) is 5.51. The Hall–Kier alpha value is -2.43. The number of hydrogen-bond donors (Lipinski definition) is 1. The maximum absolute atomic E-state index is 11.7. The molecule has 1 saturated carbocycles. The van der Waals surface area contributed by atoms with Crippen LogP contribution in [-0.2, 0) is 0 Å². The summed E-state index contributed by atoms with van der Waals surface area (Å²) in [5, 5.41) is 11.4. The third-order valence-corrected chi connectivity index (χ3v) is 3.64. The lowest BCUT2D eigenvalue weighted by molar-refractivity contribution is 0.0821. The van der Waals surface area contributed by atoms with Gasteiger partial charge in [-0.15, -0.1) is 10.2 Å². The van der Waals surface area contributed by atoms with E-state index in [0.29, 0.717) is 23.5 Å². The van der Waals surface area contributed by atoms with E-state index in [9.17, 15) is 4.79 Å². The molecule has 1 N–H and O–H groups in total. The van der Waals surface area contributed by atoms with Gasteiger partial charge in [-0.3, -0.25) is 4.79 Å². The van der Waals surface area contributed by atoms with Crippen molar-refractivity contribution in [1.82, 2.24) is 15.1 Å². The lowest BCUT2D eigenvalue weighted by Gasteiger charge is -2.09. The third-order valence-electron chi connectivity index (χ3n) is 3.64. The van der Waals surface area contributed by atoms with Crippen LogP contribution < -0.4 is 5.32 Å². The van der Waals surface area contributed by atoms with Crippen molar-refractivity contribution in [2.75, 3.05) is 19.4 Å². The van der Waals surface area contributed by atoms with E-state index < -0.39 is 0 Å². The van der Waals surface area contributed by atoms with Crippen LogP contribution >= 0.6 is 0 Å². The molecule has 0 spiro atoms. The van der Waals surface area contributed by atoms with Crippen LogP contribution in [0.2, 0.25) is 0 Å². The molecule has 5 heteroatoms. The number of anilines is 1. The first-order chi connectivity index (χ1) is 10.1. The van der Waals surface area contributed by atoms with Crippen molar-refractivity contribution in [3.8, 4) is 0 Å². The largest absolute Gasteiger partial charge is 0.365 e. The van der Waals surface area contributed by atoms with Crippen LogP contribution in [0.1, 0.15) is 28.4 Å². The summed E-state index contributed by atoms with van der Waals surface area (Å²) in [6.07, 6.45) is 1.10. The Kier molecular flexibility index (Phi) is 3.56. The number of hydrogen-bond acceptors (Lipinski definition) is 4. The number of benzene rings is 1. The number of aromatic nitrogens is 2. The highest BCUT2D eigenvalue weighted by Crippen LogP contribution is 2.42. The summed E-state index contributed by atoms with van der Waals surface area (Å²) < 4.78 is 0. The summed E-state index contributed by atoms with van der Waals surface area (Å²) in [5.41, 5.74) is 1.71. The zero-order valence-electron chi connectivity index (χ0n) is 12.2. The van der Waals surface area contributed by atoms with Gasteiger partial charge in [0.15, 0.2) is 5.69 Å². The predicted octanol–water partition coefficient (Wildman–Crippen LogP) is 2.15. The summed E-state index contributed by atoms with van der Waals surface area (Å²) >= 11 is 0. The molecule has 1 aliphatic carbocycles. The third kappa shape index (κ3) is 3.02. The van der Waals surface area contributed by atoms with E-state index in [1.165, 1.54) is 10.5 Å². The fourth-order valence-electron chi connectivity index (χ4n) is 2.37. The van der Waals surface area contributed by atoms with Crippen LogP contribution in [-0.4, -0.2) is 41.1 Å². The molecule has 3 rings (SSSR count). The molecule has 5 nitrogen and oxygen atoms in total. The fraction of sp³-hybridized carbons (Fsp3) is 0.312. The van der Waals surface area contributed by atoms with E-state index in [1.807, 2.05) is 12.1 Å². The van der Waals surface area contributed by atoms with E-state index in [1.54, 1.807) is 20.2 Å². The average Bonchev–Trinajstić information content (AvgIpc) is 3.27. The molecule has 1 aliphatic rings. The molecule has 1 amide bonds. The molecule has 1 heterocycles. The summed E-state index contributed by atoms with van der Waals surface area (Å²) in [5.74, 6) is 1.12. The van der Waals surface area contributed by atoms with Crippen molar-refractivity contribution in [1.29, 1.82) is 0 Å². The van der Waals surface area contributed by atoms with Gasteiger partial charge in [0, 0.05) is 26.1 Å². The molecule has 0 aliphatic heterocycles. The molecule has 108 valence electrons. The lowest BCUT2D eigenvalue weighted by Crippen LogP contribution is -2.23. The quantitative estimate of drug-likeness (QED) is 0.933. The molecule has 0 bridgehead atoms. The van der Waals surface area contributed by atoms with Crippen LogP contribution in [0.3, 0.4) is 0 Å². The first kappa shape index (κ1) is 13.5. The smallest absolute Gasteiger partial charge is 0.273 e. The number of carbonyl (C=O) groups is 1. The molecule has 2 unspecified atom stereocenters. The van der Waals surface area contributed by atoms with Crippen molar-refractivity contribution >= 4 is 11.7 Å². The van der Waals surface area contributed by atoms with E-state index in [-0.39, 0.29) is 5.91 Å². The topological polar surface area (TPSA) is 58.1 Å². The Bertz CT molecular complexity index is 624. The first-order valence-electron chi connectivity index (χ1n) is 7.02. The van der Waals surface area contributed by atoms with Gasteiger partial charge in [0.2, 0.25) is 0 Å². The second kappa shape index (κ2) is 5.52. The highest BCUT2D eigenvalue weighted by atomic mass is 16.2. The number of amides is 1. The Morgan fingerprint density at radius 3 is 2.52 bits per heavy atom. The monoisotopic (exact) mass is 282 g/mol. The van der Waals surface area contributed by atoms with Crippen molar-refractivity contribution in [2.45, 2.75) is 18.4 Å². The molecular weight excluding hydrogens is 264 g/mol. The molecule has 0 saturated heterocycles. The number of rotatable bonds is 4. The molecule has 2 atom stereocenters. The molecule has 0 radical (unpaired) electrons. The lowest BCUT2D eigenvalue weighted by atomic mass is 10.1.